The summed E-state index contributed by atoms with van der Waals surface area (Å²) in [5.74, 6) is -1.83. The molecule has 0 saturated carbocycles. The van der Waals surface area contributed by atoms with E-state index in [-0.39, 0.29) is 28.6 Å². The van der Waals surface area contributed by atoms with Gasteiger partial charge in [0.15, 0.2) is 0 Å². The van der Waals surface area contributed by atoms with E-state index in [4.69, 9.17) is 11.6 Å². The summed E-state index contributed by atoms with van der Waals surface area (Å²) >= 11 is 7.15. The average molecular weight is 358 g/mol. The largest absolute Gasteiger partial charge is 0.322 e. The average Bonchev–Trinajstić information content (AvgIpc) is 2.82. The van der Waals surface area contributed by atoms with Gasteiger partial charge in [-0.1, -0.05) is 17.7 Å². The van der Waals surface area contributed by atoms with Crippen molar-refractivity contribution in [2.24, 2.45) is 0 Å². The first-order valence-corrected chi connectivity index (χ1v) is 8.18. The van der Waals surface area contributed by atoms with Gasteiger partial charge in [-0.3, -0.25) is 4.79 Å². The lowest BCUT2D eigenvalue weighted by Gasteiger charge is -2.24. The van der Waals surface area contributed by atoms with Crippen LogP contribution in [0.1, 0.15) is 16.5 Å². The Morgan fingerprint density at radius 3 is 2.48 bits per heavy atom. The van der Waals surface area contributed by atoms with Crippen LogP contribution in [0.5, 0.6) is 0 Å². The molecule has 1 fully saturated rings. The molecule has 1 aliphatic heterocycles. The van der Waals surface area contributed by atoms with Crippen molar-refractivity contribution in [3.8, 4) is 0 Å². The van der Waals surface area contributed by atoms with E-state index in [1.807, 2.05) is 0 Å². The zero-order valence-electron chi connectivity index (χ0n) is 11.7. The Kier molecular flexibility index (Phi) is 4.55. The van der Waals surface area contributed by atoms with Crippen LogP contribution in [-0.4, -0.2) is 16.6 Å². The molecular weight excluding hydrogens is 347 g/mol. The third-order valence-corrected chi connectivity index (χ3v) is 5.02. The number of benzene rings is 2. The Morgan fingerprint density at radius 1 is 1.13 bits per heavy atom. The van der Waals surface area contributed by atoms with E-state index in [9.17, 15) is 18.0 Å². The maximum absolute atomic E-state index is 13.3. The molecule has 23 heavy (non-hydrogen) atoms. The standard InChI is InChI=1S/C16H11ClF3NOS/c17-13-5-10(1-2-14(13)20)16-21(15(22)8-23-16)7-9-3-11(18)6-12(19)4-9/h1-6,16H,7-8H2. The highest BCUT2D eigenvalue weighted by Crippen LogP contribution is 2.40. The molecule has 0 radical (unpaired) electrons. The number of halogens is 4. The van der Waals surface area contributed by atoms with E-state index in [2.05, 4.69) is 0 Å². The molecule has 1 atom stereocenters. The van der Waals surface area contributed by atoms with E-state index >= 15 is 0 Å². The number of hydrogen-bond donors (Lipinski definition) is 0. The van der Waals surface area contributed by atoms with Gasteiger partial charge in [0.25, 0.3) is 0 Å². The summed E-state index contributed by atoms with van der Waals surface area (Å²) in [6, 6.07) is 7.41. The second-order valence-electron chi connectivity index (χ2n) is 5.14. The van der Waals surface area contributed by atoms with Gasteiger partial charge in [0, 0.05) is 12.6 Å². The monoisotopic (exact) mass is 357 g/mol. The summed E-state index contributed by atoms with van der Waals surface area (Å²) in [6.45, 7) is 0.0696. The zero-order valence-corrected chi connectivity index (χ0v) is 13.3. The van der Waals surface area contributed by atoms with Crippen LogP contribution in [0, 0.1) is 17.5 Å². The molecule has 1 heterocycles. The van der Waals surface area contributed by atoms with Gasteiger partial charge in [-0.15, -0.1) is 11.8 Å². The van der Waals surface area contributed by atoms with E-state index in [1.54, 1.807) is 6.07 Å². The molecule has 120 valence electrons. The molecule has 2 nitrogen and oxygen atoms in total. The molecule has 0 spiro atoms. The zero-order chi connectivity index (χ0) is 16.6. The molecule has 1 aliphatic rings. The summed E-state index contributed by atoms with van der Waals surface area (Å²) in [5.41, 5.74) is 1.03. The second-order valence-corrected chi connectivity index (χ2v) is 6.61. The summed E-state index contributed by atoms with van der Waals surface area (Å²) in [5, 5.41) is -0.397. The summed E-state index contributed by atoms with van der Waals surface area (Å²) in [7, 11) is 0. The minimum Gasteiger partial charge on any atom is -0.322 e. The predicted molar refractivity (Wildman–Crippen MR) is 83.5 cm³/mol. The van der Waals surface area contributed by atoms with Gasteiger partial charge in [0.1, 0.15) is 22.8 Å². The minimum absolute atomic E-state index is 0.0285. The highest BCUT2D eigenvalue weighted by Gasteiger charge is 2.33. The van der Waals surface area contributed by atoms with Crippen molar-refractivity contribution in [1.29, 1.82) is 0 Å². The lowest BCUT2D eigenvalue weighted by atomic mass is 10.1. The van der Waals surface area contributed by atoms with Crippen LogP contribution in [-0.2, 0) is 11.3 Å². The Morgan fingerprint density at radius 2 is 1.83 bits per heavy atom. The Balaban J connectivity index is 1.89. The van der Waals surface area contributed by atoms with Crippen molar-refractivity contribution in [2.45, 2.75) is 11.9 Å². The second kappa shape index (κ2) is 6.45. The van der Waals surface area contributed by atoms with Gasteiger partial charge < -0.3 is 4.90 Å². The fourth-order valence-electron chi connectivity index (χ4n) is 2.47. The first-order valence-electron chi connectivity index (χ1n) is 6.75. The van der Waals surface area contributed by atoms with Crippen molar-refractivity contribution >= 4 is 29.3 Å². The maximum Gasteiger partial charge on any atom is 0.234 e. The maximum atomic E-state index is 13.3. The van der Waals surface area contributed by atoms with Gasteiger partial charge in [-0.25, -0.2) is 13.2 Å². The highest BCUT2D eigenvalue weighted by atomic mass is 35.5. The Bertz CT molecular complexity index is 751. The van der Waals surface area contributed by atoms with Gasteiger partial charge in [0.2, 0.25) is 5.91 Å². The molecule has 1 unspecified atom stereocenters. The fraction of sp³-hybridized carbons (Fsp3) is 0.188. The van der Waals surface area contributed by atoms with Crippen LogP contribution in [0.15, 0.2) is 36.4 Å². The lowest BCUT2D eigenvalue weighted by molar-refractivity contribution is -0.128. The fourth-order valence-corrected chi connectivity index (χ4v) is 3.83. The molecule has 3 rings (SSSR count). The van der Waals surface area contributed by atoms with Crippen LogP contribution in [0.25, 0.3) is 0 Å². The first kappa shape index (κ1) is 16.2. The normalized spacial score (nSPS) is 17.8. The van der Waals surface area contributed by atoms with Crippen LogP contribution in [0.3, 0.4) is 0 Å². The van der Waals surface area contributed by atoms with Gasteiger partial charge in [-0.05, 0) is 35.4 Å². The van der Waals surface area contributed by atoms with Crippen LogP contribution >= 0.6 is 23.4 Å². The summed E-state index contributed by atoms with van der Waals surface area (Å²) in [4.78, 5) is 13.6. The summed E-state index contributed by atoms with van der Waals surface area (Å²) < 4.78 is 39.9. The minimum atomic E-state index is -0.694. The van der Waals surface area contributed by atoms with Crippen LogP contribution in [0.2, 0.25) is 5.02 Å². The highest BCUT2D eigenvalue weighted by molar-refractivity contribution is 8.00. The third-order valence-electron chi connectivity index (χ3n) is 3.47. The quantitative estimate of drug-likeness (QED) is 0.804. The van der Waals surface area contributed by atoms with Crippen molar-refractivity contribution in [3.63, 3.8) is 0 Å². The van der Waals surface area contributed by atoms with E-state index in [0.29, 0.717) is 11.1 Å². The molecule has 2 aromatic carbocycles. The van der Waals surface area contributed by atoms with Gasteiger partial charge >= 0.3 is 0 Å². The van der Waals surface area contributed by atoms with Crippen LogP contribution in [0.4, 0.5) is 13.2 Å². The molecule has 1 saturated heterocycles. The Hall–Kier alpha value is -1.66. The first-order chi connectivity index (χ1) is 10.9. The number of carbonyl (C=O) groups is 1. The van der Waals surface area contributed by atoms with Crippen molar-refractivity contribution in [2.75, 3.05) is 5.75 Å². The molecular formula is C16H11ClF3NOS. The number of nitrogens with zero attached hydrogens (tertiary/aromatic N) is 1. The topological polar surface area (TPSA) is 20.3 Å². The van der Waals surface area contributed by atoms with E-state index in [1.165, 1.54) is 40.9 Å². The molecule has 1 amide bonds. The Labute approximate surface area is 140 Å². The smallest absolute Gasteiger partial charge is 0.234 e. The number of thioether (sulfide) groups is 1. The number of amides is 1. The van der Waals surface area contributed by atoms with E-state index in [0.717, 1.165) is 6.07 Å². The van der Waals surface area contributed by atoms with E-state index < -0.39 is 17.5 Å². The molecule has 0 bridgehead atoms. The molecule has 0 aliphatic carbocycles. The van der Waals surface area contributed by atoms with Crippen molar-refractivity contribution < 1.29 is 18.0 Å². The third kappa shape index (κ3) is 3.48. The van der Waals surface area contributed by atoms with Gasteiger partial charge in [-0.2, -0.15) is 0 Å². The lowest BCUT2D eigenvalue weighted by Crippen LogP contribution is -2.27. The molecule has 2 aromatic rings. The van der Waals surface area contributed by atoms with Gasteiger partial charge in [0.05, 0.1) is 10.8 Å². The van der Waals surface area contributed by atoms with Crippen molar-refractivity contribution in [1.82, 2.24) is 4.90 Å². The predicted octanol–water partition coefficient (Wildman–Crippen LogP) is 4.53. The SMILES string of the molecule is O=C1CSC(c2ccc(F)c(Cl)c2)N1Cc1cc(F)cc(F)c1. The number of hydrogen-bond acceptors (Lipinski definition) is 2. The molecule has 0 N–H and O–H groups in total. The number of rotatable bonds is 3. The van der Waals surface area contributed by atoms with Crippen LogP contribution < -0.4 is 0 Å². The molecule has 0 aromatic heterocycles. The summed E-state index contributed by atoms with van der Waals surface area (Å²) in [6.07, 6.45) is 0. The van der Waals surface area contributed by atoms with Crippen molar-refractivity contribution in [3.05, 3.63) is 70.0 Å². The number of carbonyl (C=O) groups excluding carboxylic acids is 1. The molecule has 7 heteroatoms.